The van der Waals surface area contributed by atoms with Crippen LogP contribution >= 0.6 is 0 Å². The van der Waals surface area contributed by atoms with Gasteiger partial charge in [0.25, 0.3) is 0 Å². The fourth-order valence-corrected chi connectivity index (χ4v) is 2.98. The van der Waals surface area contributed by atoms with E-state index in [-0.39, 0.29) is 0 Å². The molecule has 1 aliphatic rings. The van der Waals surface area contributed by atoms with E-state index in [1.165, 1.54) is 5.56 Å². The molecular formula is C17H27NO2. The van der Waals surface area contributed by atoms with Crippen LogP contribution in [0.25, 0.3) is 0 Å². The highest BCUT2D eigenvalue weighted by atomic mass is 16.5. The SMILES string of the molecule is CCC1CC(NC(C)Cc2ccccc2OC)CCO1. The van der Waals surface area contributed by atoms with Crippen LogP contribution in [0.1, 0.15) is 38.7 Å². The van der Waals surface area contributed by atoms with Crippen molar-refractivity contribution in [2.45, 2.75) is 57.7 Å². The van der Waals surface area contributed by atoms with E-state index in [0.717, 1.165) is 38.0 Å². The molecule has 112 valence electrons. The molecule has 1 heterocycles. The summed E-state index contributed by atoms with van der Waals surface area (Å²) in [7, 11) is 1.74. The van der Waals surface area contributed by atoms with E-state index >= 15 is 0 Å². The Morgan fingerprint density at radius 2 is 2.20 bits per heavy atom. The molecule has 1 fully saturated rings. The van der Waals surface area contributed by atoms with Gasteiger partial charge in [-0.25, -0.2) is 0 Å². The van der Waals surface area contributed by atoms with Gasteiger partial charge in [-0.2, -0.15) is 0 Å². The first-order valence-corrected chi connectivity index (χ1v) is 7.72. The van der Waals surface area contributed by atoms with Gasteiger partial charge in [0.2, 0.25) is 0 Å². The smallest absolute Gasteiger partial charge is 0.122 e. The summed E-state index contributed by atoms with van der Waals surface area (Å²) >= 11 is 0. The zero-order valence-electron chi connectivity index (χ0n) is 12.9. The summed E-state index contributed by atoms with van der Waals surface area (Å²) < 4.78 is 11.2. The Morgan fingerprint density at radius 3 is 2.95 bits per heavy atom. The molecule has 2 rings (SSSR count). The average Bonchev–Trinajstić information content (AvgIpc) is 2.48. The molecule has 0 aliphatic carbocycles. The lowest BCUT2D eigenvalue weighted by Gasteiger charge is -2.32. The molecule has 20 heavy (non-hydrogen) atoms. The Hall–Kier alpha value is -1.06. The minimum Gasteiger partial charge on any atom is -0.496 e. The molecule has 0 saturated carbocycles. The molecule has 3 unspecified atom stereocenters. The number of methoxy groups -OCH3 is 1. The molecule has 3 atom stereocenters. The number of para-hydroxylation sites is 1. The zero-order chi connectivity index (χ0) is 14.4. The monoisotopic (exact) mass is 277 g/mol. The van der Waals surface area contributed by atoms with Crippen molar-refractivity contribution in [3.8, 4) is 5.75 Å². The zero-order valence-corrected chi connectivity index (χ0v) is 12.9. The van der Waals surface area contributed by atoms with E-state index < -0.39 is 0 Å². The van der Waals surface area contributed by atoms with Crippen LogP contribution in [-0.2, 0) is 11.2 Å². The summed E-state index contributed by atoms with van der Waals surface area (Å²) in [5.41, 5.74) is 1.27. The van der Waals surface area contributed by atoms with Crippen molar-refractivity contribution in [2.75, 3.05) is 13.7 Å². The molecule has 0 spiro atoms. The highest BCUT2D eigenvalue weighted by Crippen LogP contribution is 2.21. The second-order valence-electron chi connectivity index (χ2n) is 5.71. The van der Waals surface area contributed by atoms with Gasteiger partial charge in [0.1, 0.15) is 5.75 Å². The molecule has 1 aromatic carbocycles. The molecule has 1 saturated heterocycles. The van der Waals surface area contributed by atoms with Gasteiger partial charge >= 0.3 is 0 Å². The minimum atomic E-state index is 0.430. The topological polar surface area (TPSA) is 30.5 Å². The van der Waals surface area contributed by atoms with Gasteiger partial charge in [0, 0.05) is 18.7 Å². The van der Waals surface area contributed by atoms with Crippen LogP contribution in [0.3, 0.4) is 0 Å². The number of rotatable bonds is 6. The first-order valence-electron chi connectivity index (χ1n) is 7.72. The normalized spacial score (nSPS) is 24.4. The maximum Gasteiger partial charge on any atom is 0.122 e. The number of ether oxygens (including phenoxy) is 2. The fourth-order valence-electron chi connectivity index (χ4n) is 2.98. The summed E-state index contributed by atoms with van der Waals surface area (Å²) in [4.78, 5) is 0. The van der Waals surface area contributed by atoms with Gasteiger partial charge in [0.15, 0.2) is 0 Å². The van der Waals surface area contributed by atoms with Crippen molar-refractivity contribution < 1.29 is 9.47 Å². The third-order valence-electron chi connectivity index (χ3n) is 4.06. The molecule has 0 radical (unpaired) electrons. The predicted molar refractivity (Wildman–Crippen MR) is 82.3 cm³/mol. The maximum absolute atomic E-state index is 5.73. The molecule has 0 amide bonds. The van der Waals surface area contributed by atoms with E-state index in [1.54, 1.807) is 7.11 Å². The average molecular weight is 277 g/mol. The molecule has 1 aromatic rings. The van der Waals surface area contributed by atoms with E-state index in [9.17, 15) is 0 Å². The molecule has 0 aromatic heterocycles. The predicted octanol–water partition coefficient (Wildman–Crippen LogP) is 3.17. The largest absolute Gasteiger partial charge is 0.496 e. The van der Waals surface area contributed by atoms with Crippen molar-refractivity contribution in [1.29, 1.82) is 0 Å². The second-order valence-corrected chi connectivity index (χ2v) is 5.71. The van der Waals surface area contributed by atoms with Gasteiger partial charge in [-0.3, -0.25) is 0 Å². The third-order valence-corrected chi connectivity index (χ3v) is 4.06. The second kappa shape index (κ2) is 7.65. The molecule has 3 nitrogen and oxygen atoms in total. The fraction of sp³-hybridized carbons (Fsp3) is 0.647. The van der Waals surface area contributed by atoms with Crippen molar-refractivity contribution in [2.24, 2.45) is 0 Å². The minimum absolute atomic E-state index is 0.430. The van der Waals surface area contributed by atoms with Crippen LogP contribution in [0.5, 0.6) is 5.75 Å². The number of benzene rings is 1. The standard InChI is InChI=1S/C17H27NO2/c1-4-16-12-15(9-10-20-16)18-13(2)11-14-7-5-6-8-17(14)19-3/h5-8,13,15-16,18H,4,9-12H2,1-3H3. The third kappa shape index (κ3) is 4.22. The quantitative estimate of drug-likeness (QED) is 0.866. The van der Waals surface area contributed by atoms with E-state index in [1.807, 2.05) is 12.1 Å². The van der Waals surface area contributed by atoms with Crippen LogP contribution in [0.15, 0.2) is 24.3 Å². The van der Waals surface area contributed by atoms with Crippen LogP contribution in [-0.4, -0.2) is 31.9 Å². The Labute approximate surface area is 122 Å². The molecule has 1 N–H and O–H groups in total. The summed E-state index contributed by atoms with van der Waals surface area (Å²) in [5, 5.41) is 3.75. The summed E-state index contributed by atoms with van der Waals surface area (Å²) in [5.74, 6) is 0.986. The lowest BCUT2D eigenvalue weighted by molar-refractivity contribution is -0.00159. The van der Waals surface area contributed by atoms with Crippen molar-refractivity contribution in [3.05, 3.63) is 29.8 Å². The number of hydrogen-bond acceptors (Lipinski definition) is 3. The Morgan fingerprint density at radius 1 is 1.40 bits per heavy atom. The van der Waals surface area contributed by atoms with Crippen molar-refractivity contribution in [3.63, 3.8) is 0 Å². The molecule has 3 heteroatoms. The highest BCUT2D eigenvalue weighted by Gasteiger charge is 2.22. The van der Waals surface area contributed by atoms with Gasteiger partial charge in [-0.05, 0) is 44.2 Å². The maximum atomic E-state index is 5.73. The van der Waals surface area contributed by atoms with E-state index in [0.29, 0.717) is 18.2 Å². The van der Waals surface area contributed by atoms with Gasteiger partial charge in [0.05, 0.1) is 13.2 Å². The summed E-state index contributed by atoms with van der Waals surface area (Å²) in [6.45, 7) is 5.34. The van der Waals surface area contributed by atoms with E-state index in [4.69, 9.17) is 9.47 Å². The Kier molecular flexibility index (Phi) is 5.86. The molecular weight excluding hydrogens is 250 g/mol. The Bertz CT molecular complexity index is 408. The van der Waals surface area contributed by atoms with E-state index in [2.05, 4.69) is 31.3 Å². The highest BCUT2D eigenvalue weighted by molar-refractivity contribution is 5.33. The number of hydrogen-bond donors (Lipinski definition) is 1. The lowest BCUT2D eigenvalue weighted by atomic mass is 9.99. The lowest BCUT2D eigenvalue weighted by Crippen LogP contribution is -2.43. The van der Waals surface area contributed by atoms with Crippen LogP contribution in [0, 0.1) is 0 Å². The van der Waals surface area contributed by atoms with Crippen LogP contribution in [0.2, 0.25) is 0 Å². The molecule has 1 aliphatic heterocycles. The van der Waals surface area contributed by atoms with Crippen LogP contribution in [0.4, 0.5) is 0 Å². The number of nitrogens with one attached hydrogen (secondary N) is 1. The van der Waals surface area contributed by atoms with Crippen LogP contribution < -0.4 is 10.1 Å². The van der Waals surface area contributed by atoms with Gasteiger partial charge in [-0.15, -0.1) is 0 Å². The summed E-state index contributed by atoms with van der Waals surface area (Å²) in [6, 6.07) is 9.31. The van der Waals surface area contributed by atoms with Gasteiger partial charge < -0.3 is 14.8 Å². The Balaban J connectivity index is 1.87. The first-order chi connectivity index (χ1) is 9.72. The van der Waals surface area contributed by atoms with Crippen molar-refractivity contribution >= 4 is 0 Å². The molecule has 0 bridgehead atoms. The summed E-state index contributed by atoms with van der Waals surface area (Å²) in [6.07, 6.45) is 4.79. The van der Waals surface area contributed by atoms with Crippen molar-refractivity contribution in [1.82, 2.24) is 5.32 Å². The van der Waals surface area contributed by atoms with Gasteiger partial charge in [-0.1, -0.05) is 25.1 Å². The first kappa shape index (κ1) is 15.3.